The van der Waals surface area contributed by atoms with Crippen molar-refractivity contribution in [1.29, 1.82) is 0 Å². The van der Waals surface area contributed by atoms with E-state index in [0.717, 1.165) is 37.3 Å². The van der Waals surface area contributed by atoms with Crippen molar-refractivity contribution in [3.63, 3.8) is 0 Å². The molecule has 2 aliphatic rings. The van der Waals surface area contributed by atoms with Gasteiger partial charge in [0.25, 0.3) is 0 Å². The van der Waals surface area contributed by atoms with Gasteiger partial charge in [-0.2, -0.15) is 5.10 Å². The van der Waals surface area contributed by atoms with Gasteiger partial charge >= 0.3 is 6.03 Å². The maximum atomic E-state index is 11.4. The summed E-state index contributed by atoms with van der Waals surface area (Å²) in [5.41, 5.74) is 2.07. The van der Waals surface area contributed by atoms with Crippen molar-refractivity contribution in [2.24, 2.45) is 0 Å². The van der Waals surface area contributed by atoms with Crippen molar-refractivity contribution in [3.8, 4) is 0 Å². The second-order valence-electron chi connectivity index (χ2n) is 8.61. The van der Waals surface area contributed by atoms with Crippen LogP contribution < -0.4 is 15.5 Å². The monoisotopic (exact) mass is 459 g/mol. The molecule has 180 valence electrons. The number of urea groups is 1. The molecule has 2 fully saturated rings. The van der Waals surface area contributed by atoms with Crippen molar-refractivity contribution < 1.29 is 19.7 Å². The Morgan fingerprint density at radius 3 is 2.67 bits per heavy atom. The molecule has 2 bridgehead atoms. The maximum Gasteiger partial charge on any atom is 0.314 e. The second kappa shape index (κ2) is 10.0. The van der Waals surface area contributed by atoms with Crippen molar-refractivity contribution >= 4 is 22.9 Å². The van der Waals surface area contributed by atoms with Gasteiger partial charge in [0, 0.05) is 39.6 Å². The molecule has 0 saturated carbocycles. The molecule has 0 spiro atoms. The molecule has 2 aromatic heterocycles. The van der Waals surface area contributed by atoms with Gasteiger partial charge in [-0.1, -0.05) is 11.6 Å². The van der Waals surface area contributed by atoms with Crippen LogP contribution in [0.15, 0.2) is 11.6 Å². The van der Waals surface area contributed by atoms with Gasteiger partial charge in [-0.3, -0.25) is 0 Å². The summed E-state index contributed by atoms with van der Waals surface area (Å²) in [7, 11) is 1.58. The smallest absolute Gasteiger partial charge is 0.314 e. The molecule has 0 aromatic carbocycles. The number of aliphatic hydroxyl groups is 2. The number of hydrogen-bond donors (Lipinski definition) is 4. The third kappa shape index (κ3) is 4.94. The minimum Gasteiger partial charge on any atom is -0.393 e. The highest BCUT2D eigenvalue weighted by atomic mass is 16.5. The van der Waals surface area contributed by atoms with Crippen LogP contribution >= 0.6 is 0 Å². The van der Waals surface area contributed by atoms with Gasteiger partial charge in [-0.05, 0) is 26.7 Å². The Bertz CT molecular complexity index is 1030. The Morgan fingerprint density at radius 1 is 1.30 bits per heavy atom. The number of aryl methyl sites for hydroxylation is 1. The second-order valence-corrected chi connectivity index (χ2v) is 8.61. The Balaban J connectivity index is 1.73. The molecular weight excluding hydrogens is 426 g/mol. The third-order valence-corrected chi connectivity index (χ3v) is 6.15. The van der Waals surface area contributed by atoms with Crippen LogP contribution in [0.1, 0.15) is 44.3 Å². The summed E-state index contributed by atoms with van der Waals surface area (Å²) in [6, 6.07) is -0.234. The summed E-state index contributed by atoms with van der Waals surface area (Å²) >= 11 is 0. The average molecular weight is 460 g/mol. The molecule has 4 heterocycles. The first-order valence-electron chi connectivity index (χ1n) is 11.5. The molecule has 11 nitrogen and oxygen atoms in total. The number of anilines is 1. The number of aliphatic hydroxyl groups excluding tert-OH is 2. The number of rotatable bonds is 8. The summed E-state index contributed by atoms with van der Waals surface area (Å²) < 4.78 is 7.76. The molecule has 3 unspecified atom stereocenters. The lowest BCUT2D eigenvalue weighted by Gasteiger charge is -2.33. The Labute approximate surface area is 192 Å². The van der Waals surface area contributed by atoms with Crippen LogP contribution in [0.4, 0.5) is 10.6 Å². The zero-order valence-electron chi connectivity index (χ0n) is 19.4. The predicted molar refractivity (Wildman–Crippen MR) is 123 cm³/mol. The van der Waals surface area contributed by atoms with Crippen molar-refractivity contribution in [1.82, 2.24) is 30.4 Å². The van der Waals surface area contributed by atoms with E-state index in [1.165, 1.54) is 0 Å². The number of carbonyl (C=O) groups excluding carboxylic acids is 1. The fourth-order valence-electron chi connectivity index (χ4n) is 4.49. The van der Waals surface area contributed by atoms with Crippen molar-refractivity contribution in [2.75, 3.05) is 38.2 Å². The van der Waals surface area contributed by atoms with Gasteiger partial charge in [0.15, 0.2) is 5.65 Å². The zero-order valence-corrected chi connectivity index (χ0v) is 19.4. The minimum absolute atomic E-state index is 0.169. The summed E-state index contributed by atoms with van der Waals surface area (Å²) in [5.74, 6) is 1.37. The Hall–Kier alpha value is -2.76. The normalized spacial score (nSPS) is 21.5. The predicted octanol–water partition coefficient (Wildman–Crippen LogP) is 0.657. The topological polar surface area (TPSA) is 138 Å². The SMILES string of the molecule is CCn1nc(C(O)CO)c2c(N3CC4CCC(C3)O4)nc(CC(C)=CCNC(=O)NC)nc21. The minimum atomic E-state index is -1.11. The molecule has 33 heavy (non-hydrogen) atoms. The first kappa shape index (κ1) is 23.4. The Kier molecular flexibility index (Phi) is 7.11. The van der Waals surface area contributed by atoms with Crippen LogP contribution in [0.25, 0.3) is 11.0 Å². The molecule has 3 atom stereocenters. The molecule has 0 radical (unpaired) electrons. The van der Waals surface area contributed by atoms with E-state index in [4.69, 9.17) is 14.7 Å². The lowest BCUT2D eigenvalue weighted by molar-refractivity contribution is 0.0303. The number of amides is 2. The number of fused-ring (bicyclic) bond motifs is 3. The van der Waals surface area contributed by atoms with Gasteiger partial charge in [0.2, 0.25) is 0 Å². The molecule has 11 heteroatoms. The van der Waals surface area contributed by atoms with E-state index in [0.29, 0.717) is 42.1 Å². The number of carbonyl (C=O) groups is 1. The van der Waals surface area contributed by atoms with Gasteiger partial charge < -0.3 is 30.5 Å². The van der Waals surface area contributed by atoms with E-state index in [1.54, 1.807) is 11.7 Å². The fraction of sp³-hybridized carbons (Fsp3) is 0.636. The molecule has 2 aliphatic heterocycles. The van der Waals surface area contributed by atoms with Crippen LogP contribution in [0.2, 0.25) is 0 Å². The number of morpholine rings is 1. The highest BCUT2D eigenvalue weighted by Gasteiger charge is 2.36. The molecule has 4 rings (SSSR count). The molecule has 2 saturated heterocycles. The molecule has 2 amide bonds. The highest BCUT2D eigenvalue weighted by Crippen LogP contribution is 2.35. The van der Waals surface area contributed by atoms with Crippen LogP contribution in [-0.2, 0) is 17.7 Å². The molecule has 0 aliphatic carbocycles. The summed E-state index contributed by atoms with van der Waals surface area (Å²) in [6.45, 7) is 5.94. The standard InChI is InChI=1S/C22H33N7O4/c1-4-29-21-18(19(27-29)16(31)12-30)20(28-10-14-5-6-15(11-28)33-14)25-17(26-21)9-13(2)7-8-24-22(32)23-3/h7,14-16,30-31H,4-6,8-12H2,1-3H3,(H2,23,24,32). The largest absolute Gasteiger partial charge is 0.393 e. The fourth-order valence-corrected chi connectivity index (χ4v) is 4.49. The third-order valence-electron chi connectivity index (χ3n) is 6.15. The van der Waals surface area contributed by atoms with E-state index < -0.39 is 12.7 Å². The lowest BCUT2D eigenvalue weighted by atomic mass is 10.1. The Morgan fingerprint density at radius 2 is 2.03 bits per heavy atom. The van der Waals surface area contributed by atoms with Crippen LogP contribution in [0, 0.1) is 0 Å². The first-order chi connectivity index (χ1) is 15.9. The highest BCUT2D eigenvalue weighted by molar-refractivity contribution is 5.90. The number of aromatic nitrogens is 4. The zero-order chi connectivity index (χ0) is 23.5. The van der Waals surface area contributed by atoms with Gasteiger partial charge in [-0.15, -0.1) is 0 Å². The lowest BCUT2D eigenvalue weighted by Crippen LogP contribution is -2.43. The van der Waals surface area contributed by atoms with E-state index in [-0.39, 0.29) is 18.2 Å². The first-order valence-corrected chi connectivity index (χ1v) is 11.5. The van der Waals surface area contributed by atoms with Gasteiger partial charge in [0.05, 0.1) is 24.2 Å². The van der Waals surface area contributed by atoms with E-state index in [2.05, 4.69) is 20.6 Å². The van der Waals surface area contributed by atoms with E-state index in [1.807, 2.05) is 19.9 Å². The summed E-state index contributed by atoms with van der Waals surface area (Å²) in [6.07, 6.45) is 3.75. The maximum absolute atomic E-state index is 11.4. The molecular formula is C22H33N7O4. The summed E-state index contributed by atoms with van der Waals surface area (Å²) in [5, 5.41) is 30.6. The van der Waals surface area contributed by atoms with Gasteiger partial charge in [-0.25, -0.2) is 19.4 Å². The average Bonchev–Trinajstić information content (AvgIpc) is 3.36. The number of ether oxygens (including phenoxy) is 1. The van der Waals surface area contributed by atoms with Crippen molar-refractivity contribution in [2.45, 2.75) is 58.0 Å². The van der Waals surface area contributed by atoms with E-state index >= 15 is 0 Å². The number of nitrogens with zero attached hydrogens (tertiary/aromatic N) is 5. The molecule has 4 N–H and O–H groups in total. The number of allylic oxidation sites excluding steroid dienone is 1. The van der Waals surface area contributed by atoms with Gasteiger partial charge in [0.1, 0.15) is 23.4 Å². The van der Waals surface area contributed by atoms with Crippen molar-refractivity contribution in [3.05, 3.63) is 23.2 Å². The van der Waals surface area contributed by atoms with E-state index in [9.17, 15) is 15.0 Å². The summed E-state index contributed by atoms with van der Waals surface area (Å²) in [4.78, 5) is 23.3. The molecule has 2 aromatic rings. The quantitative estimate of drug-likeness (QED) is 0.423. The van der Waals surface area contributed by atoms with Crippen LogP contribution in [-0.4, -0.2) is 81.5 Å². The van der Waals surface area contributed by atoms with Crippen LogP contribution in [0.3, 0.4) is 0 Å². The number of nitrogens with one attached hydrogen (secondary N) is 2. The van der Waals surface area contributed by atoms with Crippen LogP contribution in [0.5, 0.6) is 0 Å². The number of hydrogen-bond acceptors (Lipinski definition) is 8.